The van der Waals surface area contributed by atoms with E-state index in [0.717, 1.165) is 49.1 Å². The molecular weight excluding hydrogens is 1740 g/mol. The Morgan fingerprint density at radius 1 is 0.532 bits per heavy atom. The van der Waals surface area contributed by atoms with Crippen molar-refractivity contribution in [2.24, 2.45) is 39.4 Å². The maximum Gasteiger partial charge on any atom is 0.437 e. The summed E-state index contributed by atoms with van der Waals surface area (Å²) in [6, 6.07) is 19.9. The van der Waals surface area contributed by atoms with Crippen LogP contribution in [0.5, 0.6) is 11.5 Å². The summed E-state index contributed by atoms with van der Waals surface area (Å²) in [6.07, 6.45) is -22.7. The number of benzene rings is 3. The lowest BCUT2D eigenvalue weighted by molar-refractivity contribution is -0.373. The third kappa shape index (κ3) is 28.2. The lowest BCUT2D eigenvalue weighted by atomic mass is 9.52. The van der Waals surface area contributed by atoms with E-state index in [1.54, 1.807) is 63.2 Å². The molecule has 706 valence electrons. The number of carbonyl (C=O) groups is 7. The first-order valence-electron chi connectivity index (χ1n) is 39.3. The lowest BCUT2D eigenvalue weighted by Gasteiger charge is -2.59. The van der Waals surface area contributed by atoms with E-state index in [9.17, 15) is 136 Å². The highest BCUT2D eigenvalue weighted by atomic mass is 32.2. The Morgan fingerprint density at radius 3 is 1.31 bits per heavy atom. The molecule has 124 heavy (non-hydrogen) atoms. The Balaban J connectivity index is 0.000000344. The highest BCUT2D eigenvalue weighted by molar-refractivity contribution is 7.97. The minimum atomic E-state index is -6.42. The fraction of sp³-hybridized carbons (Fsp3) is 0.695. The van der Waals surface area contributed by atoms with E-state index in [-0.39, 0.29) is 72.1 Å². The zero-order valence-corrected chi connectivity index (χ0v) is 72.8. The first-order chi connectivity index (χ1) is 56.1. The number of carbonyl (C=O) groups excluding carboxylic acids is 7. The third-order valence-electron chi connectivity index (χ3n) is 22.6. The lowest BCUT2D eigenvalue weighted by Crippen LogP contribution is -2.63. The van der Waals surface area contributed by atoms with Gasteiger partial charge in [-0.2, -0.15) is 74.6 Å². The molecule has 1 saturated heterocycles. The van der Waals surface area contributed by atoms with Crippen LogP contribution in [-0.2, 0) is 87.7 Å². The summed E-state index contributed by atoms with van der Waals surface area (Å²) in [5, 5.41) is 33.8. The minimum absolute atomic E-state index is 0.0513. The molecule has 3 aromatic rings. The topological polar surface area (TPSA) is 341 Å². The molecule has 0 amide bonds. The van der Waals surface area contributed by atoms with Crippen molar-refractivity contribution in [2.45, 2.75) is 310 Å². The maximum atomic E-state index is 13.0. The molecule has 6 fully saturated rings. The highest BCUT2D eigenvalue weighted by Gasteiger charge is 2.77. The first-order valence-corrected chi connectivity index (χ1v) is 42.0. The molecule has 5 aliphatic carbocycles. The summed E-state index contributed by atoms with van der Waals surface area (Å²) in [7, 11) is -6.73. The van der Waals surface area contributed by atoms with Crippen LogP contribution in [-0.4, -0.2) is 190 Å². The van der Waals surface area contributed by atoms with E-state index in [2.05, 4.69) is 14.2 Å². The number of rotatable bonds is 28. The molecule has 42 heteroatoms. The van der Waals surface area contributed by atoms with Gasteiger partial charge in [0, 0.05) is 6.42 Å². The van der Waals surface area contributed by atoms with Gasteiger partial charge in [-0.15, -0.1) is 0 Å². The Morgan fingerprint density at radius 2 is 0.935 bits per heavy atom. The Hall–Kier alpha value is -7.54. The first kappa shape index (κ1) is 109. The van der Waals surface area contributed by atoms with Gasteiger partial charge in [-0.1, -0.05) is 45.9 Å². The highest BCUT2D eigenvalue weighted by Crippen LogP contribution is 2.59. The van der Waals surface area contributed by atoms with Crippen LogP contribution in [0.2, 0.25) is 0 Å². The summed E-state index contributed by atoms with van der Waals surface area (Å²) in [6.45, 7) is 21.2. The maximum absolute atomic E-state index is 13.0. The molecule has 4 bridgehead atoms. The van der Waals surface area contributed by atoms with Crippen LogP contribution in [0.1, 0.15) is 207 Å². The van der Waals surface area contributed by atoms with Gasteiger partial charge < -0.3 is 67.6 Å². The quantitative estimate of drug-likeness (QED) is 0.0172. The van der Waals surface area contributed by atoms with Crippen molar-refractivity contribution in [2.75, 3.05) is 26.4 Å². The van der Waals surface area contributed by atoms with Crippen molar-refractivity contribution in [3.8, 4) is 11.5 Å². The van der Waals surface area contributed by atoms with Gasteiger partial charge in [-0.3, -0.25) is 24.0 Å². The van der Waals surface area contributed by atoms with E-state index in [4.69, 9.17) is 33.5 Å². The van der Waals surface area contributed by atoms with Gasteiger partial charge in [0.1, 0.15) is 54.7 Å². The van der Waals surface area contributed by atoms with Gasteiger partial charge in [0.15, 0.2) is 43.1 Å². The molecule has 5 saturated carbocycles. The third-order valence-corrected chi connectivity index (χ3v) is 25.8. The Kier molecular flexibility index (Phi) is 35.8. The summed E-state index contributed by atoms with van der Waals surface area (Å²) < 4.78 is 293. The van der Waals surface area contributed by atoms with E-state index in [0.29, 0.717) is 86.8 Å². The van der Waals surface area contributed by atoms with Gasteiger partial charge in [0.25, 0.3) is 5.60 Å². The summed E-state index contributed by atoms with van der Waals surface area (Å²) >= 11 is 0. The van der Waals surface area contributed by atoms with Gasteiger partial charge in [-0.05, 0) is 245 Å². The molecule has 6 atom stereocenters. The molecule has 6 aliphatic rings. The van der Waals surface area contributed by atoms with E-state index < -0.39 is 151 Å². The molecule has 9 rings (SSSR count). The number of hydrogen-bond donors (Lipinski definition) is 4. The molecule has 1 heterocycles. The molecule has 0 aromatic heterocycles. The van der Waals surface area contributed by atoms with Crippen LogP contribution < -0.4 is 9.47 Å². The number of hydrogen-bond acceptors (Lipinski definition) is 23. The SMILES string of the molecule is CC(O)(COc1ccc([S+](c2ccccc2)c2ccc(OCC(O)(C(F)(F)F)C(F)(F)F)cc2)cc1)C(F)(F)F.CCC(C)(C)C(=O)OC(C)C(F)(F)S(=O)(=O)[O-].CCC(C)(C)C(=O)OC12CC3CC(CC(O)(C3)C1)C2.CCC(C)(C)C(=O)OC1CCC(C(C)(C)OC(=O)COC(=O)C(O)(C(F)(F)F)C(F)(F)F)CC1.CCC(C)(C)C(=O)OC1COC(=O)C1. The summed E-state index contributed by atoms with van der Waals surface area (Å²) in [5.41, 5.74) is -18.6. The van der Waals surface area contributed by atoms with Gasteiger partial charge in [0.2, 0.25) is 0 Å². The van der Waals surface area contributed by atoms with E-state index in [1.165, 1.54) is 58.4 Å². The molecule has 4 N–H and O–H groups in total. The van der Waals surface area contributed by atoms with E-state index in [1.807, 2.05) is 48.5 Å². The average molecular weight is 1850 g/mol. The van der Waals surface area contributed by atoms with E-state index >= 15 is 0 Å². The Bertz CT molecular complexity index is 4130. The van der Waals surface area contributed by atoms with Gasteiger partial charge in [0.05, 0.1) is 44.6 Å². The second kappa shape index (κ2) is 40.8. The molecule has 0 spiro atoms. The van der Waals surface area contributed by atoms with Crippen LogP contribution in [0.3, 0.4) is 0 Å². The van der Waals surface area contributed by atoms with Crippen LogP contribution in [0.25, 0.3) is 0 Å². The largest absolute Gasteiger partial charge is 0.743 e. The van der Waals surface area contributed by atoms with Crippen LogP contribution in [0, 0.1) is 39.4 Å². The fourth-order valence-corrected chi connectivity index (χ4v) is 15.5. The summed E-state index contributed by atoms with van der Waals surface area (Å²) in [5.74, 6) is -5.86. The van der Waals surface area contributed by atoms with Crippen LogP contribution in [0.4, 0.5) is 74.6 Å². The monoisotopic (exact) mass is 1850 g/mol. The predicted molar refractivity (Wildman–Crippen MR) is 407 cm³/mol. The predicted octanol–water partition coefficient (Wildman–Crippen LogP) is 16.8. The Labute approximate surface area is 710 Å². The zero-order valence-electron chi connectivity index (χ0n) is 71.2. The van der Waals surface area contributed by atoms with Crippen molar-refractivity contribution in [1.29, 1.82) is 0 Å². The van der Waals surface area contributed by atoms with Crippen molar-refractivity contribution in [3.05, 3.63) is 78.9 Å². The second-order valence-corrected chi connectivity index (χ2v) is 38.2. The minimum Gasteiger partial charge on any atom is -0.743 e. The van der Waals surface area contributed by atoms with Crippen LogP contribution in [0.15, 0.2) is 93.5 Å². The van der Waals surface area contributed by atoms with Crippen molar-refractivity contribution < 1.29 is 184 Å². The van der Waals surface area contributed by atoms with Crippen molar-refractivity contribution >= 4 is 62.8 Å². The van der Waals surface area contributed by atoms with Crippen molar-refractivity contribution in [1.82, 2.24) is 0 Å². The summed E-state index contributed by atoms with van der Waals surface area (Å²) in [4.78, 5) is 83.7. The number of cyclic esters (lactones) is 1. The fourth-order valence-electron chi connectivity index (χ4n) is 13.0. The number of aliphatic hydroxyl groups is 4. The smallest absolute Gasteiger partial charge is 0.437 e. The number of halogens is 17. The number of esters is 7. The van der Waals surface area contributed by atoms with Gasteiger partial charge >= 0.3 is 83.5 Å². The second-order valence-electron chi connectivity index (χ2n) is 34.7. The molecule has 3 aromatic carbocycles. The molecule has 0 radical (unpaired) electrons. The van der Waals surface area contributed by atoms with Crippen LogP contribution >= 0.6 is 0 Å². The number of ether oxygens (including phenoxy) is 9. The zero-order chi connectivity index (χ0) is 95.5. The number of alkyl halides is 17. The van der Waals surface area contributed by atoms with Crippen molar-refractivity contribution in [3.63, 3.8) is 0 Å². The standard InChI is InChI=1S/C26H22F9O4S.C21H30F6O7.C16H26O3.C10H16O4.C9H16F2O5S/c1-22(36,24(27,28)29)15-38-17-7-11-20(12-8-17)40(19-5-3-2-4-6-19)21-13-9-18(10-14-21)39-16-23(37,25(30,31)32)26(33,34)35;1-6-17(2,3)15(29)33-13-9-7-12(8-10-13)18(4,5)34-14(28)11-32-16(30)19(31,20(22,23)24)21(25,26)27;1-4-14(2,3)13(17)19-16-8-11-5-12(9-16)7-15(18,6-11)10-16;1-4-10(2,3)9(12)14-7-5-8(11)13-6-7;1-5-8(3,4)7(12)16-6(2)9(10,11)17(13,14)15/h2-14,36-37H,15-16H2,1H3;12-13,31H,6-11H2,1-5H3;11-12,18H,4-10H2,1-3H3;7H,4-6H2,1-3H3;6H,5H2,1-4H3,(H,13,14,15)/q+1;;;;/p-1. The normalized spacial score (nSPS) is 22.0. The molecule has 6 unspecified atom stereocenters. The van der Waals surface area contributed by atoms with Gasteiger partial charge in [-0.25, -0.2) is 18.0 Å². The average Bonchev–Trinajstić information content (AvgIpc) is 0.736. The molecular formula is C82H109F17O23S2. The molecule has 1 aliphatic heterocycles. The molecule has 23 nitrogen and oxygen atoms in total.